The zero-order valence-electron chi connectivity index (χ0n) is 17.2. The second kappa shape index (κ2) is 8.52. The van der Waals surface area contributed by atoms with Crippen molar-refractivity contribution in [2.75, 3.05) is 53.4 Å². The summed E-state index contributed by atoms with van der Waals surface area (Å²) in [4.78, 5) is 24.1. The summed E-state index contributed by atoms with van der Waals surface area (Å²) in [6.07, 6.45) is 1.40. The molecule has 1 aliphatic heterocycles. The van der Waals surface area contributed by atoms with Crippen molar-refractivity contribution in [2.24, 2.45) is 0 Å². The number of nitrogens with zero attached hydrogens (tertiary/aromatic N) is 3. The average molecular weight is 388 g/mol. The number of aromatic nitrogens is 2. The first kappa shape index (κ1) is 20.0. The van der Waals surface area contributed by atoms with Crippen molar-refractivity contribution < 1.29 is 14.2 Å². The monoisotopic (exact) mass is 388 g/mol. The van der Waals surface area contributed by atoms with Crippen molar-refractivity contribution in [3.8, 4) is 17.2 Å². The summed E-state index contributed by atoms with van der Waals surface area (Å²) < 4.78 is 16.4. The van der Waals surface area contributed by atoms with E-state index < -0.39 is 0 Å². The highest BCUT2D eigenvalue weighted by atomic mass is 16.5. The molecule has 0 aliphatic carbocycles. The summed E-state index contributed by atoms with van der Waals surface area (Å²) in [5, 5.41) is 0. The molecule has 0 atom stereocenters. The van der Waals surface area contributed by atoms with E-state index in [9.17, 15) is 4.79 Å². The lowest BCUT2D eigenvalue weighted by atomic mass is 10.1. The minimum Gasteiger partial charge on any atom is -0.493 e. The number of methoxy groups -OCH3 is 3. The van der Waals surface area contributed by atoms with E-state index in [2.05, 4.69) is 14.9 Å². The molecule has 0 amide bonds. The van der Waals surface area contributed by atoms with Gasteiger partial charge in [-0.3, -0.25) is 14.7 Å². The maximum absolute atomic E-state index is 12.5. The van der Waals surface area contributed by atoms with Gasteiger partial charge < -0.3 is 19.1 Å². The molecule has 8 nitrogen and oxygen atoms in total. The third kappa shape index (κ3) is 3.91. The van der Waals surface area contributed by atoms with Crippen LogP contribution in [0.3, 0.4) is 0 Å². The summed E-state index contributed by atoms with van der Waals surface area (Å²) in [7, 11) is 8.59. The van der Waals surface area contributed by atoms with Crippen LogP contribution in [0.1, 0.15) is 16.8 Å². The van der Waals surface area contributed by atoms with Gasteiger partial charge in [0.15, 0.2) is 11.5 Å². The minimum absolute atomic E-state index is 0.0424. The van der Waals surface area contributed by atoms with Gasteiger partial charge in [0.05, 0.1) is 27.0 Å². The fourth-order valence-electron chi connectivity index (χ4n) is 3.54. The lowest BCUT2D eigenvalue weighted by molar-refractivity contribution is 0.268. The van der Waals surface area contributed by atoms with E-state index in [1.807, 2.05) is 31.1 Å². The predicted molar refractivity (Wildman–Crippen MR) is 108 cm³/mol. The van der Waals surface area contributed by atoms with Crippen molar-refractivity contribution in [3.05, 3.63) is 39.3 Å². The van der Waals surface area contributed by atoms with Gasteiger partial charge in [-0.05, 0) is 12.5 Å². The summed E-state index contributed by atoms with van der Waals surface area (Å²) in [5.74, 6) is 2.50. The van der Waals surface area contributed by atoms with E-state index in [1.54, 1.807) is 21.3 Å². The normalized spacial score (nSPS) is 14.2. The van der Waals surface area contributed by atoms with Crippen LogP contribution in [0.4, 0.5) is 5.95 Å². The third-order valence-corrected chi connectivity index (χ3v) is 5.03. The first-order valence-corrected chi connectivity index (χ1v) is 9.28. The van der Waals surface area contributed by atoms with Crippen LogP contribution in [0.5, 0.6) is 17.2 Å². The smallest absolute Gasteiger partial charge is 0.255 e. The molecule has 0 bridgehead atoms. The Morgan fingerprint density at radius 3 is 2.43 bits per heavy atom. The zero-order valence-corrected chi connectivity index (χ0v) is 17.2. The molecule has 152 valence electrons. The average Bonchev–Trinajstić information content (AvgIpc) is 2.90. The molecule has 0 unspecified atom stereocenters. The van der Waals surface area contributed by atoms with Crippen LogP contribution in [0.25, 0.3) is 0 Å². The van der Waals surface area contributed by atoms with Crippen molar-refractivity contribution in [1.82, 2.24) is 14.9 Å². The summed E-state index contributed by atoms with van der Waals surface area (Å²) >= 11 is 0. The van der Waals surface area contributed by atoms with Gasteiger partial charge in [-0.2, -0.15) is 0 Å². The molecule has 1 aromatic heterocycles. The molecule has 2 aromatic rings. The van der Waals surface area contributed by atoms with Crippen molar-refractivity contribution in [3.63, 3.8) is 0 Å². The Balaban J connectivity index is 1.83. The number of ether oxygens (including phenoxy) is 3. The number of hydrogen-bond acceptors (Lipinski definition) is 7. The molecule has 1 aliphatic rings. The van der Waals surface area contributed by atoms with Gasteiger partial charge in [0, 0.05) is 51.3 Å². The van der Waals surface area contributed by atoms with Crippen LogP contribution in [-0.2, 0) is 19.4 Å². The highest BCUT2D eigenvalue weighted by Crippen LogP contribution is 2.40. The van der Waals surface area contributed by atoms with E-state index in [1.165, 1.54) is 0 Å². The number of aromatic amines is 1. The molecular weight excluding hydrogens is 360 g/mol. The van der Waals surface area contributed by atoms with Crippen molar-refractivity contribution in [1.29, 1.82) is 0 Å². The van der Waals surface area contributed by atoms with Gasteiger partial charge in [0.1, 0.15) is 0 Å². The molecule has 2 heterocycles. The number of anilines is 1. The maximum atomic E-state index is 12.5. The quantitative estimate of drug-likeness (QED) is 0.802. The van der Waals surface area contributed by atoms with Crippen LogP contribution in [0.2, 0.25) is 0 Å². The zero-order chi connectivity index (χ0) is 20.3. The van der Waals surface area contributed by atoms with Crippen molar-refractivity contribution in [2.45, 2.75) is 19.4 Å². The Bertz CT molecular complexity index is 895. The van der Waals surface area contributed by atoms with Gasteiger partial charge in [0.25, 0.3) is 5.56 Å². The van der Waals surface area contributed by atoms with Crippen LogP contribution >= 0.6 is 0 Å². The van der Waals surface area contributed by atoms with E-state index in [0.717, 1.165) is 36.3 Å². The largest absolute Gasteiger partial charge is 0.493 e. The Labute approximate surface area is 165 Å². The molecule has 0 saturated carbocycles. The predicted octanol–water partition coefficient (Wildman–Crippen LogP) is 1.46. The Morgan fingerprint density at radius 2 is 1.79 bits per heavy atom. The van der Waals surface area contributed by atoms with Crippen LogP contribution in [0, 0.1) is 0 Å². The summed E-state index contributed by atoms with van der Waals surface area (Å²) in [6.45, 7) is 2.28. The maximum Gasteiger partial charge on any atom is 0.255 e. The molecular formula is C20H28N4O4. The molecule has 3 rings (SSSR count). The summed E-state index contributed by atoms with van der Waals surface area (Å²) in [6, 6.07) is 3.88. The lowest BCUT2D eigenvalue weighted by Gasteiger charge is -2.22. The molecule has 0 radical (unpaired) electrons. The van der Waals surface area contributed by atoms with Gasteiger partial charge in [0.2, 0.25) is 11.7 Å². The van der Waals surface area contributed by atoms with Gasteiger partial charge in [-0.1, -0.05) is 6.07 Å². The van der Waals surface area contributed by atoms with E-state index in [-0.39, 0.29) is 5.56 Å². The molecule has 1 aromatic carbocycles. The van der Waals surface area contributed by atoms with E-state index in [4.69, 9.17) is 14.2 Å². The molecule has 1 N–H and O–H groups in total. The number of benzene rings is 1. The van der Waals surface area contributed by atoms with Crippen molar-refractivity contribution >= 4 is 5.95 Å². The van der Waals surface area contributed by atoms with E-state index in [0.29, 0.717) is 36.2 Å². The second-order valence-corrected chi connectivity index (χ2v) is 6.98. The SMILES string of the molecule is COc1ccc(CN2CCc3nc(N(C)C)[nH]c(=O)c3CC2)c(OC)c1OC. The first-order valence-electron chi connectivity index (χ1n) is 9.28. The number of rotatable bonds is 6. The lowest BCUT2D eigenvalue weighted by Crippen LogP contribution is -2.26. The number of H-pyrrole nitrogens is 1. The molecule has 28 heavy (non-hydrogen) atoms. The van der Waals surface area contributed by atoms with Crippen LogP contribution < -0.4 is 24.7 Å². The standard InChI is InChI=1S/C20H28N4O4/c1-23(2)20-21-15-9-11-24(10-8-14(15)19(25)22-20)12-13-6-7-16(26-3)18(28-5)17(13)27-4/h6-7H,8-12H2,1-5H3,(H,21,22,25). The third-order valence-electron chi connectivity index (χ3n) is 5.03. The Hall–Kier alpha value is -2.74. The van der Waals surface area contributed by atoms with Crippen LogP contribution in [0.15, 0.2) is 16.9 Å². The second-order valence-electron chi connectivity index (χ2n) is 6.98. The number of fused-ring (bicyclic) bond motifs is 1. The van der Waals surface area contributed by atoms with Crippen LogP contribution in [-0.4, -0.2) is 63.4 Å². The molecule has 8 heteroatoms. The first-order chi connectivity index (χ1) is 13.5. The topological polar surface area (TPSA) is 79.9 Å². The minimum atomic E-state index is -0.0424. The molecule has 0 saturated heterocycles. The Morgan fingerprint density at radius 1 is 1.07 bits per heavy atom. The summed E-state index contributed by atoms with van der Waals surface area (Å²) in [5.41, 5.74) is 2.64. The molecule has 0 fully saturated rings. The number of hydrogen-bond donors (Lipinski definition) is 1. The van der Waals surface area contributed by atoms with Gasteiger partial charge in [-0.25, -0.2) is 4.98 Å². The Kier molecular flexibility index (Phi) is 6.08. The fourth-order valence-corrected chi connectivity index (χ4v) is 3.54. The molecule has 0 spiro atoms. The van der Waals surface area contributed by atoms with E-state index >= 15 is 0 Å². The highest BCUT2D eigenvalue weighted by molar-refractivity contribution is 5.55. The number of nitrogens with one attached hydrogen (secondary N) is 1. The fraction of sp³-hybridized carbons (Fsp3) is 0.500. The van der Waals surface area contributed by atoms with Gasteiger partial charge in [-0.15, -0.1) is 0 Å². The van der Waals surface area contributed by atoms with Gasteiger partial charge >= 0.3 is 0 Å². The highest BCUT2D eigenvalue weighted by Gasteiger charge is 2.22.